The van der Waals surface area contributed by atoms with Gasteiger partial charge in [0, 0.05) is 19.6 Å². The predicted octanol–water partition coefficient (Wildman–Crippen LogP) is 3.32. The van der Waals surface area contributed by atoms with Crippen molar-refractivity contribution in [3.8, 4) is 0 Å². The molecule has 1 aliphatic carbocycles. The van der Waals surface area contributed by atoms with E-state index in [0.29, 0.717) is 25.7 Å². The molecule has 27 heavy (non-hydrogen) atoms. The van der Waals surface area contributed by atoms with Crippen molar-refractivity contribution < 1.29 is 17.9 Å². The molecule has 1 heterocycles. The number of morpholine rings is 1. The average molecular weight is 435 g/mol. The zero-order valence-corrected chi connectivity index (χ0v) is 17.4. The van der Waals surface area contributed by atoms with E-state index in [1.165, 1.54) is 35.7 Å². The first-order valence-electron chi connectivity index (χ1n) is 9.24. The molecule has 0 unspecified atom stereocenters. The van der Waals surface area contributed by atoms with E-state index in [9.17, 15) is 13.2 Å². The predicted molar refractivity (Wildman–Crippen MR) is 105 cm³/mol. The standard InChI is InChI=1S/C18H24Cl2N2O4S/c19-15-11-16(20)17(27(24,25)22-6-8-26-9-7-22)10-14(15)18(23)21-12-13-4-2-1-3-5-13/h10-11,13H,1-9,12H2,(H,21,23). The third-order valence-electron chi connectivity index (χ3n) is 5.13. The van der Waals surface area contributed by atoms with E-state index in [-0.39, 0.29) is 39.5 Å². The first-order chi connectivity index (χ1) is 12.9. The van der Waals surface area contributed by atoms with Crippen LogP contribution < -0.4 is 5.32 Å². The molecule has 150 valence electrons. The van der Waals surface area contributed by atoms with Gasteiger partial charge in [0.15, 0.2) is 0 Å². The van der Waals surface area contributed by atoms with Crippen molar-refractivity contribution in [3.05, 3.63) is 27.7 Å². The van der Waals surface area contributed by atoms with Crippen LogP contribution in [0.2, 0.25) is 10.0 Å². The van der Waals surface area contributed by atoms with Crippen molar-refractivity contribution >= 4 is 39.1 Å². The minimum absolute atomic E-state index is 0.00956. The van der Waals surface area contributed by atoms with E-state index in [1.807, 2.05) is 0 Å². The molecule has 1 saturated carbocycles. The molecule has 1 aromatic carbocycles. The van der Waals surface area contributed by atoms with E-state index in [1.54, 1.807) is 0 Å². The number of carbonyl (C=O) groups excluding carboxylic acids is 1. The highest BCUT2D eigenvalue weighted by atomic mass is 35.5. The largest absolute Gasteiger partial charge is 0.379 e. The summed E-state index contributed by atoms with van der Waals surface area (Å²) in [5, 5.41) is 3.04. The minimum atomic E-state index is -3.82. The van der Waals surface area contributed by atoms with Crippen molar-refractivity contribution in [1.29, 1.82) is 0 Å². The second-order valence-corrected chi connectivity index (χ2v) is 9.71. The van der Waals surface area contributed by atoms with Crippen LogP contribution in [0, 0.1) is 5.92 Å². The Labute approximate surface area is 170 Å². The maximum Gasteiger partial charge on any atom is 0.252 e. The summed E-state index contributed by atoms with van der Waals surface area (Å²) in [5.41, 5.74) is 0.128. The monoisotopic (exact) mass is 434 g/mol. The minimum Gasteiger partial charge on any atom is -0.379 e. The number of hydrogen-bond acceptors (Lipinski definition) is 4. The summed E-state index contributed by atoms with van der Waals surface area (Å²) in [6.07, 6.45) is 5.82. The van der Waals surface area contributed by atoms with E-state index in [2.05, 4.69) is 5.32 Å². The van der Waals surface area contributed by atoms with Crippen LogP contribution in [-0.4, -0.2) is 51.5 Å². The summed E-state index contributed by atoms with van der Waals surface area (Å²) in [6.45, 7) is 1.75. The molecule has 6 nitrogen and oxygen atoms in total. The summed E-state index contributed by atoms with van der Waals surface area (Å²) >= 11 is 12.3. The van der Waals surface area contributed by atoms with Gasteiger partial charge in [0.25, 0.3) is 5.91 Å². The normalized spacial score (nSPS) is 19.8. The number of ether oxygens (including phenoxy) is 1. The molecule has 3 rings (SSSR count). The molecule has 1 amide bonds. The van der Waals surface area contributed by atoms with Crippen LogP contribution in [0.3, 0.4) is 0 Å². The Kier molecular flexibility index (Phi) is 7.03. The molecule has 2 fully saturated rings. The van der Waals surface area contributed by atoms with Crippen molar-refractivity contribution in [2.45, 2.75) is 37.0 Å². The van der Waals surface area contributed by atoms with Gasteiger partial charge >= 0.3 is 0 Å². The fraction of sp³-hybridized carbons (Fsp3) is 0.611. The smallest absolute Gasteiger partial charge is 0.252 e. The molecule has 9 heteroatoms. The number of carbonyl (C=O) groups is 1. The molecule has 0 radical (unpaired) electrons. The molecule has 0 atom stereocenters. The fourth-order valence-corrected chi connectivity index (χ4v) is 5.79. The van der Waals surface area contributed by atoms with Crippen LogP contribution in [0.4, 0.5) is 0 Å². The van der Waals surface area contributed by atoms with Gasteiger partial charge in [-0.2, -0.15) is 4.31 Å². The number of benzene rings is 1. The van der Waals surface area contributed by atoms with Gasteiger partial charge in [-0.1, -0.05) is 42.5 Å². The van der Waals surface area contributed by atoms with Crippen LogP contribution >= 0.6 is 23.2 Å². The Hall–Kier alpha value is -0.860. The number of hydrogen-bond donors (Lipinski definition) is 1. The van der Waals surface area contributed by atoms with Crippen LogP contribution in [0.25, 0.3) is 0 Å². The van der Waals surface area contributed by atoms with E-state index in [4.69, 9.17) is 27.9 Å². The number of sulfonamides is 1. The lowest BCUT2D eigenvalue weighted by atomic mass is 9.89. The lowest BCUT2D eigenvalue weighted by Crippen LogP contribution is -2.40. The molecule has 1 aliphatic heterocycles. The third-order valence-corrected chi connectivity index (χ3v) is 7.81. The first-order valence-corrected chi connectivity index (χ1v) is 11.4. The zero-order valence-electron chi connectivity index (χ0n) is 15.0. The number of halogens is 2. The van der Waals surface area contributed by atoms with Crippen molar-refractivity contribution in [3.63, 3.8) is 0 Å². The zero-order chi connectivity index (χ0) is 19.4. The van der Waals surface area contributed by atoms with Gasteiger partial charge in [0.2, 0.25) is 10.0 Å². The summed E-state index contributed by atoms with van der Waals surface area (Å²) < 4.78 is 32.3. The lowest BCUT2D eigenvalue weighted by molar-refractivity contribution is 0.0730. The Morgan fingerprint density at radius 1 is 1.11 bits per heavy atom. The van der Waals surface area contributed by atoms with E-state index >= 15 is 0 Å². The summed E-state index contributed by atoms with van der Waals surface area (Å²) in [6, 6.07) is 2.61. The molecule has 1 N–H and O–H groups in total. The Morgan fingerprint density at radius 2 is 1.78 bits per heavy atom. The summed E-state index contributed by atoms with van der Waals surface area (Å²) in [7, 11) is -3.82. The van der Waals surface area contributed by atoms with Crippen LogP contribution in [0.5, 0.6) is 0 Å². The van der Waals surface area contributed by atoms with Gasteiger partial charge in [-0.15, -0.1) is 0 Å². The maximum absolute atomic E-state index is 12.9. The van der Waals surface area contributed by atoms with E-state index < -0.39 is 10.0 Å². The topological polar surface area (TPSA) is 75.7 Å². The SMILES string of the molecule is O=C(NCC1CCCCC1)c1cc(S(=O)(=O)N2CCOCC2)c(Cl)cc1Cl. The van der Waals surface area contributed by atoms with Crippen LogP contribution in [-0.2, 0) is 14.8 Å². The van der Waals surface area contributed by atoms with Crippen LogP contribution in [0.15, 0.2) is 17.0 Å². The fourth-order valence-electron chi connectivity index (χ4n) is 3.55. The molecule has 2 aliphatic rings. The Balaban J connectivity index is 1.79. The molecule has 1 aromatic rings. The second-order valence-electron chi connectivity index (χ2n) is 6.99. The van der Waals surface area contributed by atoms with Gasteiger partial charge in [0.05, 0.1) is 28.8 Å². The number of nitrogens with one attached hydrogen (secondary N) is 1. The van der Waals surface area contributed by atoms with Crippen molar-refractivity contribution in [2.24, 2.45) is 5.92 Å². The van der Waals surface area contributed by atoms with Crippen molar-refractivity contribution in [1.82, 2.24) is 9.62 Å². The molecular formula is C18H24Cl2N2O4S. The highest BCUT2D eigenvalue weighted by molar-refractivity contribution is 7.89. The molecular weight excluding hydrogens is 411 g/mol. The highest BCUT2D eigenvalue weighted by Crippen LogP contribution is 2.31. The number of amides is 1. The van der Waals surface area contributed by atoms with Gasteiger partial charge in [0.1, 0.15) is 4.90 Å². The van der Waals surface area contributed by atoms with Gasteiger partial charge in [-0.05, 0) is 30.9 Å². The lowest BCUT2D eigenvalue weighted by Gasteiger charge is -2.26. The molecule has 0 bridgehead atoms. The molecule has 0 aromatic heterocycles. The highest BCUT2D eigenvalue weighted by Gasteiger charge is 2.30. The number of rotatable bonds is 5. The van der Waals surface area contributed by atoms with Gasteiger partial charge in [-0.3, -0.25) is 4.79 Å². The van der Waals surface area contributed by atoms with Crippen molar-refractivity contribution in [2.75, 3.05) is 32.8 Å². The van der Waals surface area contributed by atoms with Gasteiger partial charge < -0.3 is 10.1 Å². The summed E-state index contributed by atoms with van der Waals surface area (Å²) in [4.78, 5) is 12.5. The maximum atomic E-state index is 12.9. The Morgan fingerprint density at radius 3 is 2.44 bits per heavy atom. The average Bonchev–Trinajstić information content (AvgIpc) is 2.67. The van der Waals surface area contributed by atoms with E-state index in [0.717, 1.165) is 12.8 Å². The second kappa shape index (κ2) is 9.09. The number of nitrogens with zero attached hydrogens (tertiary/aromatic N) is 1. The third kappa shape index (κ3) is 4.95. The summed E-state index contributed by atoms with van der Waals surface area (Å²) in [5.74, 6) is 0.0889. The molecule has 0 spiro atoms. The van der Waals surface area contributed by atoms with Crippen LogP contribution in [0.1, 0.15) is 42.5 Å². The van der Waals surface area contributed by atoms with Gasteiger partial charge in [-0.25, -0.2) is 8.42 Å². The quantitative estimate of drug-likeness (QED) is 0.770. The first kappa shape index (κ1) is 20.9. The Bertz CT molecular complexity index is 789. The molecule has 1 saturated heterocycles.